The van der Waals surface area contributed by atoms with Crippen LogP contribution in [0.1, 0.15) is 23.2 Å². The number of nitrogens with zero attached hydrogens (tertiary/aromatic N) is 3. The van der Waals surface area contributed by atoms with Crippen LogP contribution in [0.2, 0.25) is 5.15 Å². The van der Waals surface area contributed by atoms with Gasteiger partial charge in [-0.05, 0) is 37.3 Å². The minimum atomic E-state index is 0.269. The van der Waals surface area contributed by atoms with Crippen molar-refractivity contribution >= 4 is 28.9 Å². The van der Waals surface area contributed by atoms with Gasteiger partial charge in [0.2, 0.25) is 5.69 Å². The van der Waals surface area contributed by atoms with Crippen LogP contribution >= 0.6 is 11.6 Å². The van der Waals surface area contributed by atoms with Crippen molar-refractivity contribution in [3.8, 4) is 0 Å². The number of nitrogens with one attached hydrogen (secondary N) is 2. The number of pyridine rings is 1. The van der Waals surface area contributed by atoms with Gasteiger partial charge in [0.15, 0.2) is 5.82 Å². The summed E-state index contributed by atoms with van der Waals surface area (Å²) in [6.45, 7) is 9.15. The van der Waals surface area contributed by atoms with Gasteiger partial charge in [0.05, 0.1) is 6.57 Å². The first-order valence-electron chi connectivity index (χ1n) is 6.07. The largest absolute Gasteiger partial charge is 0.323 e. The van der Waals surface area contributed by atoms with Crippen LogP contribution in [-0.2, 0) is 12.8 Å². The SMILES string of the molecule is [C-]#[N+]c1c(Cl)nc(Nc2cc(C)[nH]n2)c2c1CCC2. The van der Waals surface area contributed by atoms with Crippen LogP contribution in [0.25, 0.3) is 4.85 Å². The van der Waals surface area contributed by atoms with Crippen LogP contribution in [0.5, 0.6) is 0 Å². The summed E-state index contributed by atoms with van der Waals surface area (Å²) < 4.78 is 0. The highest BCUT2D eigenvalue weighted by molar-refractivity contribution is 6.32. The molecule has 3 rings (SSSR count). The fourth-order valence-corrected chi connectivity index (χ4v) is 2.67. The second kappa shape index (κ2) is 4.56. The lowest BCUT2D eigenvalue weighted by atomic mass is 10.1. The molecule has 0 aromatic carbocycles. The maximum absolute atomic E-state index is 7.21. The average molecular weight is 274 g/mol. The third kappa shape index (κ3) is 2.04. The third-order valence-electron chi connectivity index (χ3n) is 3.26. The van der Waals surface area contributed by atoms with Crippen molar-refractivity contribution in [1.29, 1.82) is 0 Å². The van der Waals surface area contributed by atoms with Gasteiger partial charge in [-0.3, -0.25) is 5.10 Å². The molecule has 0 spiro atoms. The molecule has 2 aromatic heterocycles. The van der Waals surface area contributed by atoms with E-state index in [1.807, 2.05) is 13.0 Å². The zero-order valence-electron chi connectivity index (χ0n) is 10.4. The van der Waals surface area contributed by atoms with Gasteiger partial charge >= 0.3 is 0 Å². The zero-order chi connectivity index (χ0) is 13.4. The Balaban J connectivity index is 2.06. The van der Waals surface area contributed by atoms with Gasteiger partial charge in [-0.2, -0.15) is 5.10 Å². The molecule has 19 heavy (non-hydrogen) atoms. The highest BCUT2D eigenvalue weighted by atomic mass is 35.5. The number of aryl methyl sites for hydroxylation is 1. The quantitative estimate of drug-likeness (QED) is 0.650. The van der Waals surface area contributed by atoms with Gasteiger partial charge < -0.3 is 5.32 Å². The Labute approximate surface area is 115 Å². The predicted molar refractivity (Wildman–Crippen MR) is 74.1 cm³/mol. The van der Waals surface area contributed by atoms with Gasteiger partial charge in [0, 0.05) is 11.8 Å². The molecule has 0 aliphatic heterocycles. The van der Waals surface area contributed by atoms with Crippen molar-refractivity contribution in [2.75, 3.05) is 5.32 Å². The molecule has 6 heteroatoms. The van der Waals surface area contributed by atoms with E-state index in [0.717, 1.165) is 41.9 Å². The van der Waals surface area contributed by atoms with Gasteiger partial charge in [-0.25, -0.2) is 9.83 Å². The summed E-state index contributed by atoms with van der Waals surface area (Å²) in [7, 11) is 0. The maximum atomic E-state index is 7.21. The van der Waals surface area contributed by atoms with Crippen LogP contribution in [-0.4, -0.2) is 15.2 Å². The van der Waals surface area contributed by atoms with Crippen molar-refractivity contribution in [2.24, 2.45) is 0 Å². The second-order valence-electron chi connectivity index (χ2n) is 4.58. The lowest BCUT2D eigenvalue weighted by Gasteiger charge is -2.11. The number of fused-ring (bicyclic) bond motifs is 1. The number of anilines is 2. The number of rotatable bonds is 2. The van der Waals surface area contributed by atoms with Crippen LogP contribution < -0.4 is 5.32 Å². The summed E-state index contributed by atoms with van der Waals surface area (Å²) in [6.07, 6.45) is 2.85. The molecule has 2 N–H and O–H groups in total. The highest BCUT2D eigenvalue weighted by Crippen LogP contribution is 2.39. The van der Waals surface area contributed by atoms with Crippen molar-refractivity contribution in [2.45, 2.75) is 26.2 Å². The van der Waals surface area contributed by atoms with Crippen LogP contribution in [0.3, 0.4) is 0 Å². The minimum absolute atomic E-state index is 0.269. The van der Waals surface area contributed by atoms with E-state index in [4.69, 9.17) is 18.2 Å². The Hall–Kier alpha value is -2.06. The van der Waals surface area contributed by atoms with Gasteiger partial charge in [-0.15, -0.1) is 0 Å². The smallest absolute Gasteiger partial charge is 0.227 e. The molecule has 0 saturated carbocycles. The highest BCUT2D eigenvalue weighted by Gasteiger charge is 2.23. The van der Waals surface area contributed by atoms with E-state index in [2.05, 4.69) is 25.3 Å². The maximum Gasteiger partial charge on any atom is 0.227 e. The summed E-state index contributed by atoms with van der Waals surface area (Å²) in [5, 5.41) is 10.4. The van der Waals surface area contributed by atoms with Crippen molar-refractivity contribution in [3.63, 3.8) is 0 Å². The molecule has 1 aliphatic rings. The molecule has 0 atom stereocenters. The van der Waals surface area contributed by atoms with E-state index in [9.17, 15) is 0 Å². The van der Waals surface area contributed by atoms with Crippen LogP contribution in [0.4, 0.5) is 17.3 Å². The van der Waals surface area contributed by atoms with Crippen molar-refractivity contribution in [3.05, 3.63) is 39.5 Å². The normalized spacial score (nSPS) is 13.1. The van der Waals surface area contributed by atoms with E-state index in [-0.39, 0.29) is 5.15 Å². The number of aromatic nitrogens is 3. The molecule has 0 unspecified atom stereocenters. The molecular formula is C13H12ClN5. The average Bonchev–Trinajstić information content (AvgIpc) is 2.99. The first kappa shape index (κ1) is 12.0. The molecule has 96 valence electrons. The molecule has 5 nitrogen and oxygen atoms in total. The predicted octanol–water partition coefficient (Wildman–Crippen LogP) is 3.55. The van der Waals surface area contributed by atoms with Crippen LogP contribution in [0.15, 0.2) is 6.07 Å². The third-order valence-corrected chi connectivity index (χ3v) is 3.52. The summed E-state index contributed by atoms with van der Waals surface area (Å²) >= 11 is 6.09. The Bertz CT molecular complexity index is 683. The molecule has 0 bridgehead atoms. The van der Waals surface area contributed by atoms with E-state index in [1.54, 1.807) is 0 Å². The summed E-state index contributed by atoms with van der Waals surface area (Å²) in [5.41, 5.74) is 3.60. The number of aromatic amines is 1. The van der Waals surface area contributed by atoms with E-state index in [1.165, 1.54) is 0 Å². The topological polar surface area (TPSA) is 58.0 Å². The monoisotopic (exact) mass is 273 g/mol. The summed E-state index contributed by atoms with van der Waals surface area (Å²) in [4.78, 5) is 7.81. The number of hydrogen-bond acceptors (Lipinski definition) is 3. The fourth-order valence-electron chi connectivity index (χ4n) is 2.43. The Morgan fingerprint density at radius 2 is 2.21 bits per heavy atom. The first-order valence-corrected chi connectivity index (χ1v) is 6.44. The lowest BCUT2D eigenvalue weighted by molar-refractivity contribution is 0.912. The molecule has 1 aliphatic carbocycles. The molecule has 0 amide bonds. The molecule has 0 fully saturated rings. The Morgan fingerprint density at radius 1 is 1.42 bits per heavy atom. The Kier molecular flexibility index (Phi) is 2.88. The number of halogens is 1. The van der Waals surface area contributed by atoms with Gasteiger partial charge in [0.25, 0.3) is 0 Å². The molecule has 2 aromatic rings. The summed E-state index contributed by atoms with van der Waals surface area (Å²) in [5.74, 6) is 1.43. The first-order chi connectivity index (χ1) is 9.19. The van der Waals surface area contributed by atoms with E-state index < -0.39 is 0 Å². The molecule has 0 saturated heterocycles. The Morgan fingerprint density at radius 3 is 2.89 bits per heavy atom. The van der Waals surface area contributed by atoms with E-state index in [0.29, 0.717) is 11.5 Å². The zero-order valence-corrected chi connectivity index (χ0v) is 11.2. The van der Waals surface area contributed by atoms with Gasteiger partial charge in [0.1, 0.15) is 11.0 Å². The second-order valence-corrected chi connectivity index (χ2v) is 4.94. The summed E-state index contributed by atoms with van der Waals surface area (Å²) in [6, 6.07) is 1.90. The fraction of sp³-hybridized carbons (Fsp3) is 0.308. The minimum Gasteiger partial charge on any atom is -0.323 e. The molecular weight excluding hydrogens is 262 g/mol. The standard InChI is InChI=1S/C13H12ClN5/c1-7-6-10(19-18-7)16-13-9-5-3-4-8(9)11(15-2)12(14)17-13/h6H,3-5H2,1H3,(H2,16,17,18,19). The van der Waals surface area contributed by atoms with Crippen molar-refractivity contribution in [1.82, 2.24) is 15.2 Å². The number of H-pyrrole nitrogens is 1. The van der Waals surface area contributed by atoms with Crippen LogP contribution in [0, 0.1) is 13.5 Å². The van der Waals surface area contributed by atoms with Crippen molar-refractivity contribution < 1.29 is 0 Å². The number of hydrogen-bond donors (Lipinski definition) is 2. The molecule has 0 radical (unpaired) electrons. The van der Waals surface area contributed by atoms with E-state index >= 15 is 0 Å². The van der Waals surface area contributed by atoms with Gasteiger partial charge in [-0.1, -0.05) is 11.6 Å². The lowest BCUT2D eigenvalue weighted by Crippen LogP contribution is -2.00. The molecule has 2 heterocycles.